The Bertz CT molecular complexity index is 311. The SMILES string of the molecule is CCC(C(=O)NCCOC)c1ccccc1. The minimum atomic E-state index is -0.0574. The van der Waals surface area contributed by atoms with E-state index in [0.29, 0.717) is 13.2 Å². The lowest BCUT2D eigenvalue weighted by atomic mass is 9.96. The quantitative estimate of drug-likeness (QED) is 0.745. The van der Waals surface area contributed by atoms with Gasteiger partial charge in [0.05, 0.1) is 12.5 Å². The van der Waals surface area contributed by atoms with Gasteiger partial charge >= 0.3 is 0 Å². The van der Waals surface area contributed by atoms with Crippen LogP contribution in [0.1, 0.15) is 24.8 Å². The van der Waals surface area contributed by atoms with Crippen LogP contribution in [0.5, 0.6) is 0 Å². The number of hydrogen-bond acceptors (Lipinski definition) is 2. The highest BCUT2D eigenvalue weighted by Crippen LogP contribution is 2.18. The Balaban J connectivity index is 2.57. The molecule has 0 fully saturated rings. The fourth-order valence-electron chi connectivity index (χ4n) is 1.66. The highest BCUT2D eigenvalue weighted by molar-refractivity contribution is 5.83. The van der Waals surface area contributed by atoms with Crippen molar-refractivity contribution in [2.45, 2.75) is 19.3 Å². The molecule has 0 aliphatic carbocycles. The zero-order valence-electron chi connectivity index (χ0n) is 9.90. The van der Waals surface area contributed by atoms with Crippen molar-refractivity contribution in [1.29, 1.82) is 0 Å². The summed E-state index contributed by atoms with van der Waals surface area (Å²) in [4.78, 5) is 11.9. The lowest BCUT2D eigenvalue weighted by molar-refractivity contribution is -0.122. The molecule has 1 unspecified atom stereocenters. The summed E-state index contributed by atoms with van der Waals surface area (Å²) in [5.41, 5.74) is 1.07. The van der Waals surface area contributed by atoms with E-state index in [1.807, 2.05) is 37.3 Å². The molecule has 0 spiro atoms. The molecule has 1 amide bonds. The molecule has 1 aromatic carbocycles. The molecule has 1 aromatic rings. The van der Waals surface area contributed by atoms with Gasteiger partial charge in [-0.25, -0.2) is 0 Å². The van der Waals surface area contributed by atoms with E-state index < -0.39 is 0 Å². The van der Waals surface area contributed by atoms with E-state index >= 15 is 0 Å². The molecular weight excluding hydrogens is 202 g/mol. The van der Waals surface area contributed by atoms with E-state index in [1.165, 1.54) is 0 Å². The van der Waals surface area contributed by atoms with Crippen molar-refractivity contribution in [2.75, 3.05) is 20.3 Å². The zero-order chi connectivity index (χ0) is 11.8. The van der Waals surface area contributed by atoms with Gasteiger partial charge in [0.25, 0.3) is 0 Å². The summed E-state index contributed by atoms with van der Waals surface area (Å²) in [7, 11) is 1.63. The Morgan fingerprint density at radius 3 is 2.62 bits per heavy atom. The van der Waals surface area contributed by atoms with E-state index in [9.17, 15) is 4.79 Å². The lowest BCUT2D eigenvalue weighted by Gasteiger charge is -2.15. The molecule has 0 bridgehead atoms. The van der Waals surface area contributed by atoms with Crippen LogP contribution in [-0.2, 0) is 9.53 Å². The molecule has 88 valence electrons. The predicted octanol–water partition coefficient (Wildman–Crippen LogP) is 1.94. The van der Waals surface area contributed by atoms with Gasteiger partial charge < -0.3 is 10.1 Å². The number of ether oxygens (including phenoxy) is 1. The molecular formula is C13H19NO2. The maximum Gasteiger partial charge on any atom is 0.227 e. The smallest absolute Gasteiger partial charge is 0.227 e. The average Bonchev–Trinajstić information content (AvgIpc) is 2.32. The number of carbonyl (C=O) groups is 1. The second-order valence-electron chi connectivity index (χ2n) is 3.66. The first kappa shape index (κ1) is 12.7. The number of rotatable bonds is 6. The number of hydrogen-bond donors (Lipinski definition) is 1. The molecule has 0 saturated heterocycles. The number of amides is 1. The zero-order valence-corrected chi connectivity index (χ0v) is 9.90. The molecule has 3 nitrogen and oxygen atoms in total. The minimum absolute atomic E-state index is 0.0574. The third-order valence-electron chi connectivity index (χ3n) is 2.53. The van der Waals surface area contributed by atoms with Crippen LogP contribution in [-0.4, -0.2) is 26.2 Å². The summed E-state index contributed by atoms with van der Waals surface area (Å²) >= 11 is 0. The summed E-state index contributed by atoms with van der Waals surface area (Å²) in [5, 5.41) is 2.87. The van der Waals surface area contributed by atoms with Crippen molar-refractivity contribution >= 4 is 5.91 Å². The Morgan fingerprint density at radius 2 is 2.06 bits per heavy atom. The van der Waals surface area contributed by atoms with Gasteiger partial charge in [0.2, 0.25) is 5.91 Å². The Hall–Kier alpha value is -1.35. The minimum Gasteiger partial charge on any atom is -0.383 e. The third kappa shape index (κ3) is 3.66. The summed E-state index contributed by atoms with van der Waals surface area (Å²) < 4.78 is 4.90. The van der Waals surface area contributed by atoms with Gasteiger partial charge in [0.1, 0.15) is 0 Å². The number of methoxy groups -OCH3 is 1. The van der Waals surface area contributed by atoms with Crippen LogP contribution in [0.4, 0.5) is 0 Å². The number of benzene rings is 1. The van der Waals surface area contributed by atoms with E-state index in [-0.39, 0.29) is 11.8 Å². The van der Waals surface area contributed by atoms with Gasteiger partial charge in [-0.15, -0.1) is 0 Å². The van der Waals surface area contributed by atoms with Crippen molar-refractivity contribution < 1.29 is 9.53 Å². The molecule has 0 aliphatic heterocycles. The summed E-state index contributed by atoms with van der Waals surface area (Å²) in [6.07, 6.45) is 0.808. The molecule has 3 heteroatoms. The average molecular weight is 221 g/mol. The van der Waals surface area contributed by atoms with Gasteiger partial charge in [-0.3, -0.25) is 4.79 Å². The third-order valence-corrected chi connectivity index (χ3v) is 2.53. The number of nitrogens with one attached hydrogen (secondary N) is 1. The van der Waals surface area contributed by atoms with E-state index in [2.05, 4.69) is 5.32 Å². The van der Waals surface area contributed by atoms with E-state index in [1.54, 1.807) is 7.11 Å². The Morgan fingerprint density at radius 1 is 1.38 bits per heavy atom. The Kier molecular flexibility index (Phi) is 5.57. The van der Waals surface area contributed by atoms with Crippen molar-refractivity contribution in [3.63, 3.8) is 0 Å². The van der Waals surface area contributed by atoms with Crippen LogP contribution in [0.3, 0.4) is 0 Å². The first-order valence-electron chi connectivity index (χ1n) is 5.61. The highest BCUT2D eigenvalue weighted by atomic mass is 16.5. The summed E-state index contributed by atoms with van der Waals surface area (Å²) in [6, 6.07) is 9.86. The first-order valence-corrected chi connectivity index (χ1v) is 5.61. The lowest BCUT2D eigenvalue weighted by Crippen LogP contribution is -2.31. The second kappa shape index (κ2) is 7.01. The van der Waals surface area contributed by atoms with Gasteiger partial charge in [-0.2, -0.15) is 0 Å². The topological polar surface area (TPSA) is 38.3 Å². The van der Waals surface area contributed by atoms with Gasteiger partial charge in [0, 0.05) is 13.7 Å². The predicted molar refractivity (Wildman–Crippen MR) is 64.4 cm³/mol. The van der Waals surface area contributed by atoms with Crippen molar-refractivity contribution in [3.8, 4) is 0 Å². The van der Waals surface area contributed by atoms with Crippen molar-refractivity contribution in [3.05, 3.63) is 35.9 Å². The molecule has 16 heavy (non-hydrogen) atoms. The fourth-order valence-corrected chi connectivity index (χ4v) is 1.66. The second-order valence-corrected chi connectivity index (χ2v) is 3.66. The monoisotopic (exact) mass is 221 g/mol. The van der Waals surface area contributed by atoms with E-state index in [4.69, 9.17) is 4.74 Å². The fraction of sp³-hybridized carbons (Fsp3) is 0.462. The molecule has 0 aromatic heterocycles. The van der Waals surface area contributed by atoms with Crippen LogP contribution in [0.25, 0.3) is 0 Å². The maximum atomic E-state index is 11.9. The van der Waals surface area contributed by atoms with Crippen LogP contribution < -0.4 is 5.32 Å². The van der Waals surface area contributed by atoms with Gasteiger partial charge in [0.15, 0.2) is 0 Å². The molecule has 1 rings (SSSR count). The molecule has 0 radical (unpaired) electrons. The molecule has 0 saturated carbocycles. The van der Waals surface area contributed by atoms with Crippen molar-refractivity contribution in [1.82, 2.24) is 5.32 Å². The highest BCUT2D eigenvalue weighted by Gasteiger charge is 2.17. The summed E-state index contributed by atoms with van der Waals surface area (Å²) in [6.45, 7) is 3.14. The standard InChI is InChI=1S/C13H19NO2/c1-3-12(11-7-5-4-6-8-11)13(15)14-9-10-16-2/h4-8,12H,3,9-10H2,1-2H3,(H,14,15). The van der Waals surface area contributed by atoms with Crippen molar-refractivity contribution in [2.24, 2.45) is 0 Å². The normalized spacial score (nSPS) is 12.1. The van der Waals surface area contributed by atoms with Crippen LogP contribution >= 0.6 is 0 Å². The van der Waals surface area contributed by atoms with Crippen LogP contribution in [0.15, 0.2) is 30.3 Å². The first-order chi connectivity index (χ1) is 7.79. The molecule has 0 aliphatic rings. The van der Waals surface area contributed by atoms with Crippen LogP contribution in [0.2, 0.25) is 0 Å². The molecule has 1 N–H and O–H groups in total. The summed E-state index contributed by atoms with van der Waals surface area (Å²) in [5.74, 6) is 0.0174. The number of carbonyl (C=O) groups excluding carboxylic acids is 1. The van der Waals surface area contributed by atoms with Gasteiger partial charge in [-0.05, 0) is 12.0 Å². The van der Waals surface area contributed by atoms with Gasteiger partial charge in [-0.1, -0.05) is 37.3 Å². The Labute approximate surface area is 96.8 Å². The molecule has 1 atom stereocenters. The molecule has 0 heterocycles. The largest absolute Gasteiger partial charge is 0.383 e. The van der Waals surface area contributed by atoms with Crippen LogP contribution in [0, 0.1) is 0 Å². The maximum absolute atomic E-state index is 11.9. The van der Waals surface area contributed by atoms with E-state index in [0.717, 1.165) is 12.0 Å².